The molecule has 0 aliphatic carbocycles. The predicted octanol–water partition coefficient (Wildman–Crippen LogP) is 3.49. The van der Waals surface area contributed by atoms with Gasteiger partial charge >= 0.3 is 0 Å². The highest BCUT2D eigenvalue weighted by Crippen LogP contribution is 2.37. The lowest BCUT2D eigenvalue weighted by molar-refractivity contribution is -0.128. The van der Waals surface area contributed by atoms with Crippen LogP contribution in [0.25, 0.3) is 0 Å². The second kappa shape index (κ2) is 7.47. The van der Waals surface area contributed by atoms with Crippen molar-refractivity contribution in [3.8, 4) is 11.5 Å². The summed E-state index contributed by atoms with van der Waals surface area (Å²) in [7, 11) is 0. The molecule has 25 heavy (non-hydrogen) atoms. The van der Waals surface area contributed by atoms with Crippen LogP contribution in [-0.2, 0) is 4.79 Å². The standard InChI is InChI=1S/C20H24N2O3/c1-14(2)19-20(23)22(17-10-9-15(21)13-18(17)25-19)11-6-12-24-16-7-4-3-5-8-16/h3-5,7-10,13-14,19H,6,11-12,21H2,1-2H3. The molecule has 1 aliphatic rings. The number of fused-ring (bicyclic) bond motifs is 1. The Hall–Kier alpha value is -2.69. The highest BCUT2D eigenvalue weighted by molar-refractivity contribution is 6.00. The fourth-order valence-electron chi connectivity index (χ4n) is 2.89. The molecule has 0 saturated heterocycles. The molecule has 0 radical (unpaired) electrons. The first-order valence-electron chi connectivity index (χ1n) is 8.61. The number of hydrogen-bond donors (Lipinski definition) is 1. The molecule has 5 heteroatoms. The van der Waals surface area contributed by atoms with Crippen molar-refractivity contribution in [1.29, 1.82) is 0 Å². The SMILES string of the molecule is CC(C)C1Oc2cc(N)ccc2N(CCCOc2ccccc2)C1=O. The molecule has 1 aliphatic heterocycles. The van der Waals surface area contributed by atoms with E-state index >= 15 is 0 Å². The van der Waals surface area contributed by atoms with Gasteiger partial charge in [-0.2, -0.15) is 0 Å². The van der Waals surface area contributed by atoms with E-state index in [9.17, 15) is 4.79 Å². The Morgan fingerprint density at radius 2 is 1.96 bits per heavy atom. The number of ether oxygens (including phenoxy) is 2. The molecule has 5 nitrogen and oxygen atoms in total. The summed E-state index contributed by atoms with van der Waals surface area (Å²) in [4.78, 5) is 14.6. The second-order valence-electron chi connectivity index (χ2n) is 6.51. The molecule has 2 aromatic carbocycles. The maximum absolute atomic E-state index is 12.8. The lowest BCUT2D eigenvalue weighted by Gasteiger charge is -2.36. The highest BCUT2D eigenvalue weighted by Gasteiger charge is 2.36. The molecule has 2 aromatic rings. The molecule has 0 saturated carbocycles. The van der Waals surface area contributed by atoms with Crippen molar-refractivity contribution in [2.24, 2.45) is 5.92 Å². The minimum absolute atomic E-state index is 0.00742. The zero-order valence-electron chi connectivity index (χ0n) is 14.6. The molecule has 3 rings (SSSR count). The summed E-state index contributed by atoms with van der Waals surface area (Å²) in [5, 5.41) is 0. The number of anilines is 2. The van der Waals surface area contributed by atoms with E-state index in [2.05, 4.69) is 0 Å². The number of nitrogens with zero attached hydrogens (tertiary/aromatic N) is 1. The Kier molecular flexibility index (Phi) is 5.12. The zero-order valence-corrected chi connectivity index (χ0v) is 14.6. The van der Waals surface area contributed by atoms with Crippen LogP contribution in [0.3, 0.4) is 0 Å². The van der Waals surface area contributed by atoms with Crippen LogP contribution in [0.15, 0.2) is 48.5 Å². The third-order valence-corrected chi connectivity index (χ3v) is 4.18. The molecule has 132 valence electrons. The first-order valence-corrected chi connectivity index (χ1v) is 8.61. The van der Waals surface area contributed by atoms with Crippen molar-refractivity contribution in [2.75, 3.05) is 23.8 Å². The average molecular weight is 340 g/mol. The summed E-state index contributed by atoms with van der Waals surface area (Å²) in [6.07, 6.45) is 0.249. The van der Waals surface area contributed by atoms with Crippen LogP contribution in [0.5, 0.6) is 11.5 Å². The number of nitrogen functional groups attached to an aromatic ring is 1. The van der Waals surface area contributed by atoms with Gasteiger partial charge < -0.3 is 20.1 Å². The van der Waals surface area contributed by atoms with Gasteiger partial charge in [0.05, 0.1) is 12.3 Å². The van der Waals surface area contributed by atoms with Gasteiger partial charge in [0.25, 0.3) is 5.91 Å². The van der Waals surface area contributed by atoms with Crippen molar-refractivity contribution in [3.63, 3.8) is 0 Å². The van der Waals surface area contributed by atoms with Gasteiger partial charge in [-0.3, -0.25) is 4.79 Å². The van der Waals surface area contributed by atoms with E-state index in [4.69, 9.17) is 15.2 Å². The minimum Gasteiger partial charge on any atom is -0.494 e. The van der Waals surface area contributed by atoms with Crippen LogP contribution in [0, 0.1) is 5.92 Å². The summed E-state index contributed by atoms with van der Waals surface area (Å²) in [6, 6.07) is 15.1. The summed E-state index contributed by atoms with van der Waals surface area (Å²) in [5.41, 5.74) is 7.27. The number of para-hydroxylation sites is 1. The van der Waals surface area contributed by atoms with Crippen LogP contribution in [0.4, 0.5) is 11.4 Å². The molecule has 1 heterocycles. The third-order valence-electron chi connectivity index (χ3n) is 4.18. The highest BCUT2D eigenvalue weighted by atomic mass is 16.5. The Bertz CT molecular complexity index is 731. The van der Waals surface area contributed by atoms with E-state index in [-0.39, 0.29) is 11.8 Å². The largest absolute Gasteiger partial charge is 0.494 e. The number of nitrogens with two attached hydrogens (primary N) is 1. The molecule has 0 fully saturated rings. The molecule has 0 bridgehead atoms. The Morgan fingerprint density at radius 3 is 2.68 bits per heavy atom. The van der Waals surface area contributed by atoms with Gasteiger partial charge in [-0.15, -0.1) is 0 Å². The fourth-order valence-corrected chi connectivity index (χ4v) is 2.89. The number of rotatable bonds is 6. The number of benzene rings is 2. The van der Waals surface area contributed by atoms with Crippen LogP contribution in [0.1, 0.15) is 20.3 Å². The quantitative estimate of drug-likeness (QED) is 0.646. The lowest BCUT2D eigenvalue weighted by atomic mass is 10.0. The smallest absolute Gasteiger partial charge is 0.268 e. The molecular formula is C20H24N2O3. The molecule has 2 N–H and O–H groups in total. The van der Waals surface area contributed by atoms with Crippen molar-refractivity contribution in [1.82, 2.24) is 0 Å². The van der Waals surface area contributed by atoms with Crippen molar-refractivity contribution in [3.05, 3.63) is 48.5 Å². The van der Waals surface area contributed by atoms with Gasteiger partial charge in [0.2, 0.25) is 0 Å². The number of amides is 1. The van der Waals surface area contributed by atoms with E-state index in [0.717, 1.165) is 17.9 Å². The van der Waals surface area contributed by atoms with Crippen LogP contribution in [0.2, 0.25) is 0 Å². The maximum Gasteiger partial charge on any atom is 0.268 e. The van der Waals surface area contributed by atoms with E-state index in [1.165, 1.54) is 0 Å². The number of carbonyl (C=O) groups is 1. The first-order chi connectivity index (χ1) is 12.1. The molecule has 1 unspecified atom stereocenters. The second-order valence-corrected chi connectivity index (χ2v) is 6.51. The van der Waals surface area contributed by atoms with Crippen molar-refractivity contribution < 1.29 is 14.3 Å². The van der Waals surface area contributed by atoms with Gasteiger partial charge in [0, 0.05) is 18.3 Å². The van der Waals surface area contributed by atoms with Gasteiger partial charge in [0.1, 0.15) is 11.5 Å². The van der Waals surface area contributed by atoms with E-state index < -0.39 is 6.10 Å². The monoisotopic (exact) mass is 340 g/mol. The number of hydrogen-bond acceptors (Lipinski definition) is 4. The molecule has 1 amide bonds. The Balaban J connectivity index is 1.69. The summed E-state index contributed by atoms with van der Waals surface area (Å²) in [5.74, 6) is 1.59. The van der Waals surface area contributed by atoms with E-state index in [1.54, 1.807) is 17.0 Å². The first kappa shape index (κ1) is 17.1. The van der Waals surface area contributed by atoms with E-state index in [0.29, 0.717) is 24.6 Å². The minimum atomic E-state index is -0.482. The van der Waals surface area contributed by atoms with Crippen molar-refractivity contribution >= 4 is 17.3 Å². The van der Waals surface area contributed by atoms with E-state index in [1.807, 2.05) is 50.2 Å². The van der Waals surface area contributed by atoms with Crippen LogP contribution in [-0.4, -0.2) is 25.2 Å². The Morgan fingerprint density at radius 1 is 1.20 bits per heavy atom. The predicted molar refractivity (Wildman–Crippen MR) is 99.0 cm³/mol. The third kappa shape index (κ3) is 3.87. The fraction of sp³-hybridized carbons (Fsp3) is 0.350. The maximum atomic E-state index is 12.8. The van der Waals surface area contributed by atoms with Gasteiger partial charge in [-0.05, 0) is 36.6 Å². The Labute approximate surface area is 148 Å². The number of carbonyl (C=O) groups excluding carboxylic acids is 1. The summed E-state index contributed by atoms with van der Waals surface area (Å²) < 4.78 is 11.6. The van der Waals surface area contributed by atoms with Crippen LogP contribution < -0.4 is 20.1 Å². The summed E-state index contributed by atoms with van der Waals surface area (Å²) >= 11 is 0. The molecule has 0 spiro atoms. The molecule has 1 atom stereocenters. The molecular weight excluding hydrogens is 316 g/mol. The van der Waals surface area contributed by atoms with Crippen LogP contribution >= 0.6 is 0 Å². The van der Waals surface area contributed by atoms with Gasteiger partial charge in [0.15, 0.2) is 6.10 Å². The van der Waals surface area contributed by atoms with Gasteiger partial charge in [-0.25, -0.2) is 0 Å². The summed E-state index contributed by atoms with van der Waals surface area (Å²) in [6.45, 7) is 5.09. The average Bonchev–Trinajstić information content (AvgIpc) is 2.60. The van der Waals surface area contributed by atoms with Gasteiger partial charge in [-0.1, -0.05) is 32.0 Å². The van der Waals surface area contributed by atoms with Crippen molar-refractivity contribution in [2.45, 2.75) is 26.4 Å². The zero-order chi connectivity index (χ0) is 17.8. The molecule has 0 aromatic heterocycles. The normalized spacial score (nSPS) is 16.5. The topological polar surface area (TPSA) is 64.8 Å². The lowest BCUT2D eigenvalue weighted by Crippen LogP contribution is -2.48.